The van der Waals surface area contributed by atoms with E-state index >= 15 is 0 Å². The molecule has 1 aliphatic rings. The summed E-state index contributed by atoms with van der Waals surface area (Å²) in [6.07, 6.45) is 6.11. The van der Waals surface area contributed by atoms with E-state index in [0.717, 1.165) is 37.7 Å². The second-order valence-electron chi connectivity index (χ2n) is 7.74. The van der Waals surface area contributed by atoms with Crippen LogP contribution in [0.3, 0.4) is 0 Å². The summed E-state index contributed by atoms with van der Waals surface area (Å²) >= 11 is 0. The highest BCUT2D eigenvalue weighted by molar-refractivity contribution is 5.83. The summed E-state index contributed by atoms with van der Waals surface area (Å²) in [6.45, 7) is 6.00. The Morgan fingerprint density at radius 1 is 1.04 bits per heavy atom. The molecule has 1 aliphatic carbocycles. The fourth-order valence-corrected chi connectivity index (χ4v) is 3.51. The largest absolute Gasteiger partial charge is 0.454 e. The summed E-state index contributed by atoms with van der Waals surface area (Å²) in [6, 6.07) is 14.9. The van der Waals surface area contributed by atoms with E-state index in [0.29, 0.717) is 0 Å². The number of hydrogen-bond acceptors (Lipinski definition) is 2. The average Bonchev–Trinajstić information content (AvgIpc) is 2.62. The molecule has 0 N–H and O–H groups in total. The molecule has 0 heterocycles. The molecule has 0 saturated heterocycles. The van der Waals surface area contributed by atoms with Crippen molar-refractivity contribution in [3.8, 4) is 0 Å². The van der Waals surface area contributed by atoms with Crippen molar-refractivity contribution in [1.82, 2.24) is 0 Å². The number of benzene rings is 2. The van der Waals surface area contributed by atoms with Crippen molar-refractivity contribution in [3.63, 3.8) is 0 Å². The van der Waals surface area contributed by atoms with Crippen molar-refractivity contribution in [2.45, 2.75) is 64.9 Å². The summed E-state index contributed by atoms with van der Waals surface area (Å²) in [5.41, 5.74) is 0.272. The van der Waals surface area contributed by atoms with Gasteiger partial charge in [-0.1, -0.05) is 49.7 Å². The number of rotatable bonds is 4. The van der Waals surface area contributed by atoms with Crippen LogP contribution in [0.15, 0.2) is 42.5 Å². The molecule has 128 valence electrons. The summed E-state index contributed by atoms with van der Waals surface area (Å²) in [5, 5.41) is 2.44. The minimum Gasteiger partial charge on any atom is -0.454 e. The first-order chi connectivity index (χ1) is 11.5. The summed E-state index contributed by atoms with van der Waals surface area (Å²) in [5.74, 6) is -0.0694. The molecular formula is C22H28O2. The highest BCUT2D eigenvalue weighted by Crippen LogP contribution is 2.43. The van der Waals surface area contributed by atoms with Gasteiger partial charge in [0.05, 0.1) is 5.41 Å². The highest BCUT2D eigenvalue weighted by atomic mass is 16.6. The van der Waals surface area contributed by atoms with E-state index < -0.39 is 11.0 Å². The van der Waals surface area contributed by atoms with Crippen LogP contribution in [0, 0.1) is 5.41 Å². The van der Waals surface area contributed by atoms with Crippen molar-refractivity contribution < 1.29 is 9.53 Å². The molecular weight excluding hydrogens is 296 g/mol. The molecule has 0 bridgehead atoms. The standard InChI is InChI=1S/C22H28O2/c1-4-21(2,3)20(23)24-22(14-8-5-9-15-22)19-13-12-17-10-6-7-11-18(17)16-19/h6-7,10-13,16H,4-5,8-9,14-15H2,1-3H3. The highest BCUT2D eigenvalue weighted by Gasteiger charge is 2.41. The van der Waals surface area contributed by atoms with Crippen molar-refractivity contribution >= 4 is 16.7 Å². The molecule has 2 aromatic carbocycles. The second-order valence-corrected chi connectivity index (χ2v) is 7.74. The Labute approximate surface area is 145 Å². The third-order valence-corrected chi connectivity index (χ3v) is 5.66. The van der Waals surface area contributed by atoms with E-state index in [9.17, 15) is 4.79 Å². The quantitative estimate of drug-likeness (QED) is 0.647. The second kappa shape index (κ2) is 6.58. The van der Waals surface area contributed by atoms with Crippen LogP contribution >= 0.6 is 0 Å². The summed E-state index contributed by atoms with van der Waals surface area (Å²) < 4.78 is 6.23. The van der Waals surface area contributed by atoms with E-state index in [1.807, 2.05) is 20.8 Å². The molecule has 24 heavy (non-hydrogen) atoms. The fourth-order valence-electron chi connectivity index (χ4n) is 3.51. The zero-order valence-corrected chi connectivity index (χ0v) is 15.1. The van der Waals surface area contributed by atoms with E-state index in [2.05, 4.69) is 42.5 Å². The molecule has 0 atom stereocenters. The van der Waals surface area contributed by atoms with Gasteiger partial charge in [0.25, 0.3) is 0 Å². The maximum absolute atomic E-state index is 12.8. The zero-order valence-electron chi connectivity index (χ0n) is 15.1. The van der Waals surface area contributed by atoms with Gasteiger partial charge in [-0.2, -0.15) is 0 Å². The lowest BCUT2D eigenvalue weighted by Crippen LogP contribution is -2.39. The third kappa shape index (κ3) is 3.19. The Balaban J connectivity index is 1.99. The monoisotopic (exact) mass is 324 g/mol. The molecule has 0 amide bonds. The zero-order chi connectivity index (χ0) is 17.2. The molecule has 2 nitrogen and oxygen atoms in total. The molecule has 2 aromatic rings. The van der Waals surface area contributed by atoms with Crippen molar-refractivity contribution in [2.75, 3.05) is 0 Å². The molecule has 1 fully saturated rings. The van der Waals surface area contributed by atoms with Gasteiger partial charge in [-0.3, -0.25) is 4.79 Å². The van der Waals surface area contributed by atoms with Crippen LogP contribution in [0.1, 0.15) is 64.9 Å². The van der Waals surface area contributed by atoms with Crippen LogP contribution in [-0.4, -0.2) is 5.97 Å². The lowest BCUT2D eigenvalue weighted by atomic mass is 9.78. The number of carbonyl (C=O) groups is 1. The van der Waals surface area contributed by atoms with Gasteiger partial charge >= 0.3 is 5.97 Å². The number of ether oxygens (including phenoxy) is 1. The summed E-state index contributed by atoms with van der Waals surface area (Å²) in [7, 11) is 0. The topological polar surface area (TPSA) is 26.3 Å². The van der Waals surface area contributed by atoms with Crippen LogP contribution in [-0.2, 0) is 15.1 Å². The first kappa shape index (κ1) is 17.0. The first-order valence-corrected chi connectivity index (χ1v) is 9.20. The van der Waals surface area contributed by atoms with Crippen LogP contribution < -0.4 is 0 Å². The van der Waals surface area contributed by atoms with Gasteiger partial charge in [0, 0.05) is 0 Å². The Kier molecular flexibility index (Phi) is 4.67. The first-order valence-electron chi connectivity index (χ1n) is 9.20. The molecule has 0 spiro atoms. The SMILES string of the molecule is CCC(C)(C)C(=O)OC1(c2ccc3ccccc3c2)CCCCC1. The lowest BCUT2D eigenvalue weighted by Gasteiger charge is -2.39. The van der Waals surface area contributed by atoms with E-state index in [1.165, 1.54) is 17.2 Å². The number of hydrogen-bond donors (Lipinski definition) is 0. The van der Waals surface area contributed by atoms with E-state index in [1.54, 1.807) is 0 Å². The number of fused-ring (bicyclic) bond motifs is 1. The van der Waals surface area contributed by atoms with Crippen LogP contribution in [0.25, 0.3) is 10.8 Å². The Hall–Kier alpha value is -1.83. The van der Waals surface area contributed by atoms with Gasteiger partial charge in [0.1, 0.15) is 5.60 Å². The minimum atomic E-state index is -0.453. The van der Waals surface area contributed by atoms with Gasteiger partial charge in [-0.25, -0.2) is 0 Å². The Bertz CT molecular complexity index is 724. The van der Waals surface area contributed by atoms with Crippen LogP contribution in [0.2, 0.25) is 0 Å². The Morgan fingerprint density at radius 2 is 1.71 bits per heavy atom. The molecule has 3 rings (SSSR count). The van der Waals surface area contributed by atoms with Crippen molar-refractivity contribution in [1.29, 1.82) is 0 Å². The predicted molar refractivity (Wildman–Crippen MR) is 98.9 cm³/mol. The molecule has 1 saturated carbocycles. The smallest absolute Gasteiger partial charge is 0.312 e. The summed E-state index contributed by atoms with van der Waals surface area (Å²) in [4.78, 5) is 12.8. The molecule has 0 aliphatic heterocycles. The molecule has 0 unspecified atom stereocenters. The number of carbonyl (C=O) groups excluding carboxylic acids is 1. The molecule has 0 aromatic heterocycles. The maximum atomic E-state index is 12.8. The van der Waals surface area contributed by atoms with Crippen LogP contribution in [0.5, 0.6) is 0 Å². The third-order valence-electron chi connectivity index (χ3n) is 5.66. The number of esters is 1. The normalized spacial score (nSPS) is 17.6. The van der Waals surface area contributed by atoms with Gasteiger partial charge in [-0.05, 0) is 68.4 Å². The minimum absolute atomic E-state index is 0.0694. The molecule has 0 radical (unpaired) electrons. The van der Waals surface area contributed by atoms with Crippen molar-refractivity contribution in [2.24, 2.45) is 5.41 Å². The molecule has 2 heteroatoms. The maximum Gasteiger partial charge on any atom is 0.312 e. The van der Waals surface area contributed by atoms with Crippen molar-refractivity contribution in [3.05, 3.63) is 48.0 Å². The van der Waals surface area contributed by atoms with Gasteiger partial charge in [0.2, 0.25) is 0 Å². The average molecular weight is 324 g/mol. The lowest BCUT2D eigenvalue weighted by molar-refractivity contribution is -0.176. The fraction of sp³-hybridized carbons (Fsp3) is 0.500. The van der Waals surface area contributed by atoms with Crippen LogP contribution in [0.4, 0.5) is 0 Å². The van der Waals surface area contributed by atoms with E-state index in [4.69, 9.17) is 4.74 Å². The van der Waals surface area contributed by atoms with E-state index in [-0.39, 0.29) is 5.97 Å². The van der Waals surface area contributed by atoms with Gasteiger partial charge in [0.15, 0.2) is 0 Å². The van der Waals surface area contributed by atoms with Gasteiger partial charge < -0.3 is 4.74 Å². The Morgan fingerprint density at radius 3 is 2.38 bits per heavy atom. The predicted octanol–water partition coefficient (Wildman–Crippen LogP) is 5.98. The van der Waals surface area contributed by atoms with Gasteiger partial charge in [-0.15, -0.1) is 0 Å².